The quantitative estimate of drug-likeness (QED) is 0.349. The van der Waals surface area contributed by atoms with Crippen LogP contribution in [0.15, 0.2) is 52.7 Å². The number of rotatable bonds is 8. The van der Waals surface area contributed by atoms with Crippen molar-refractivity contribution in [3.8, 4) is 16.3 Å². The molecule has 0 radical (unpaired) electrons. The molecular formula is C22H23N3O6S2. The number of hydrogen-bond acceptors (Lipinski definition) is 8. The molecule has 3 aromatic rings. The van der Waals surface area contributed by atoms with Crippen LogP contribution < -0.4 is 4.74 Å². The van der Waals surface area contributed by atoms with Gasteiger partial charge in [-0.05, 0) is 24.1 Å². The molecule has 0 bridgehead atoms. The molecule has 0 aliphatic carbocycles. The first-order valence-electron chi connectivity index (χ1n) is 10.4. The Morgan fingerprint density at radius 3 is 2.58 bits per heavy atom. The highest BCUT2D eigenvalue weighted by atomic mass is 32.2. The molecule has 0 unspecified atom stereocenters. The molecule has 0 saturated carbocycles. The molecule has 1 saturated heterocycles. The number of thiazole rings is 1. The first kappa shape index (κ1) is 23.3. The molecule has 4 rings (SSSR count). The van der Waals surface area contributed by atoms with E-state index in [1.165, 1.54) is 33.3 Å². The average molecular weight is 490 g/mol. The van der Waals surface area contributed by atoms with Gasteiger partial charge in [-0.3, -0.25) is 10.1 Å². The highest BCUT2D eigenvalue weighted by molar-refractivity contribution is 7.89. The van der Waals surface area contributed by atoms with Gasteiger partial charge in [0.25, 0.3) is 0 Å². The molecule has 1 fully saturated rings. The van der Waals surface area contributed by atoms with E-state index in [0.717, 1.165) is 23.1 Å². The summed E-state index contributed by atoms with van der Waals surface area (Å²) in [5, 5.41) is 14.3. The summed E-state index contributed by atoms with van der Waals surface area (Å²) in [5.74, 6) is -0.0113. The van der Waals surface area contributed by atoms with Gasteiger partial charge >= 0.3 is 5.69 Å². The van der Waals surface area contributed by atoms with Crippen LogP contribution in [-0.2, 0) is 27.8 Å². The van der Waals surface area contributed by atoms with Crippen molar-refractivity contribution in [1.82, 2.24) is 9.29 Å². The van der Waals surface area contributed by atoms with Crippen molar-refractivity contribution in [2.75, 3.05) is 26.3 Å². The molecule has 1 aromatic heterocycles. The largest absolute Gasteiger partial charge is 0.480 e. The molecule has 0 amide bonds. The van der Waals surface area contributed by atoms with E-state index in [2.05, 4.69) is 24.0 Å². The predicted molar refractivity (Wildman–Crippen MR) is 124 cm³/mol. The molecule has 11 heteroatoms. The van der Waals surface area contributed by atoms with Crippen molar-refractivity contribution in [2.45, 2.75) is 24.8 Å². The van der Waals surface area contributed by atoms with Gasteiger partial charge < -0.3 is 9.47 Å². The van der Waals surface area contributed by atoms with Crippen LogP contribution in [0.2, 0.25) is 0 Å². The lowest BCUT2D eigenvalue weighted by atomic mass is 10.1. The van der Waals surface area contributed by atoms with Gasteiger partial charge in [0.2, 0.25) is 10.0 Å². The lowest BCUT2D eigenvalue weighted by Gasteiger charge is -2.26. The lowest BCUT2D eigenvalue weighted by molar-refractivity contribution is -0.386. The van der Waals surface area contributed by atoms with Crippen LogP contribution in [0.25, 0.3) is 10.6 Å². The van der Waals surface area contributed by atoms with Crippen LogP contribution in [0.4, 0.5) is 5.69 Å². The smallest absolute Gasteiger partial charge is 0.312 e. The van der Waals surface area contributed by atoms with Crippen molar-refractivity contribution in [2.24, 2.45) is 0 Å². The van der Waals surface area contributed by atoms with Crippen LogP contribution in [0.3, 0.4) is 0 Å². The van der Waals surface area contributed by atoms with E-state index in [1.807, 2.05) is 17.5 Å². The highest BCUT2D eigenvalue weighted by Gasteiger charge is 2.29. The normalized spacial score (nSPS) is 14.8. The van der Waals surface area contributed by atoms with Gasteiger partial charge in [-0.25, -0.2) is 13.4 Å². The van der Waals surface area contributed by atoms with Crippen molar-refractivity contribution in [1.29, 1.82) is 0 Å². The van der Waals surface area contributed by atoms with Crippen LogP contribution in [0, 0.1) is 10.1 Å². The van der Waals surface area contributed by atoms with Gasteiger partial charge in [-0.1, -0.05) is 31.2 Å². The number of nitrogens with zero attached hydrogens (tertiary/aromatic N) is 3. The number of hydrogen-bond donors (Lipinski definition) is 0. The van der Waals surface area contributed by atoms with Crippen molar-refractivity contribution in [3.63, 3.8) is 0 Å². The number of morpholine rings is 1. The molecule has 0 N–H and O–H groups in total. The maximum Gasteiger partial charge on any atom is 0.312 e. The molecule has 0 atom stereocenters. The lowest BCUT2D eigenvalue weighted by Crippen LogP contribution is -2.40. The first-order chi connectivity index (χ1) is 15.9. The van der Waals surface area contributed by atoms with Crippen molar-refractivity contribution >= 4 is 27.0 Å². The summed E-state index contributed by atoms with van der Waals surface area (Å²) in [6, 6.07) is 11.8. The number of aryl methyl sites for hydroxylation is 1. The fraction of sp³-hybridized carbons (Fsp3) is 0.318. The molecule has 2 aromatic carbocycles. The molecule has 9 nitrogen and oxygen atoms in total. The Morgan fingerprint density at radius 1 is 1.18 bits per heavy atom. The molecule has 1 aliphatic rings. The molecule has 2 heterocycles. The van der Waals surface area contributed by atoms with Gasteiger partial charge in [0.1, 0.15) is 11.6 Å². The van der Waals surface area contributed by atoms with Gasteiger partial charge in [0.05, 0.1) is 28.7 Å². The van der Waals surface area contributed by atoms with Crippen molar-refractivity contribution in [3.05, 3.63) is 69.2 Å². The summed E-state index contributed by atoms with van der Waals surface area (Å²) in [6.45, 7) is 3.13. The Hall–Kier alpha value is -2.86. The van der Waals surface area contributed by atoms with Crippen molar-refractivity contribution < 1.29 is 22.8 Å². The van der Waals surface area contributed by atoms with Gasteiger partial charge in [-0.15, -0.1) is 11.3 Å². The molecule has 1 aliphatic heterocycles. The minimum absolute atomic E-state index is 0.0113. The topological polar surface area (TPSA) is 112 Å². The van der Waals surface area contributed by atoms with Gasteiger partial charge in [0, 0.05) is 30.1 Å². The molecular weight excluding hydrogens is 466 g/mol. The fourth-order valence-electron chi connectivity index (χ4n) is 3.40. The number of ether oxygens (including phenoxy) is 2. The SMILES string of the molecule is CCc1ccc(-c2nc(COc3ccc(S(=O)(=O)N4CCOCC4)cc3[N+](=O)[O-])cs2)cc1. The summed E-state index contributed by atoms with van der Waals surface area (Å²) in [6.07, 6.45) is 0.961. The Balaban J connectivity index is 1.50. The zero-order valence-electron chi connectivity index (χ0n) is 18.0. The maximum atomic E-state index is 12.8. The average Bonchev–Trinajstić information content (AvgIpc) is 3.32. The standard InChI is InChI=1S/C22H23N3O6S2/c1-2-16-3-5-17(6-4-16)22-23-18(15-32-22)14-31-21-8-7-19(13-20(21)25(26)27)33(28,29)24-9-11-30-12-10-24/h3-8,13,15H,2,9-12,14H2,1H3. The Bertz CT molecular complexity index is 1240. The molecule has 0 spiro atoms. The maximum absolute atomic E-state index is 12.8. The fourth-order valence-corrected chi connectivity index (χ4v) is 5.64. The van der Waals surface area contributed by atoms with E-state index in [0.29, 0.717) is 18.9 Å². The monoisotopic (exact) mass is 489 g/mol. The van der Waals surface area contributed by atoms with Gasteiger partial charge in [0.15, 0.2) is 5.75 Å². The van der Waals surface area contributed by atoms with E-state index in [-0.39, 0.29) is 30.3 Å². The highest BCUT2D eigenvalue weighted by Crippen LogP contribution is 2.32. The summed E-state index contributed by atoms with van der Waals surface area (Å²) in [5.41, 5.74) is 2.46. The Kier molecular flexibility index (Phi) is 7.03. The van der Waals surface area contributed by atoms with E-state index >= 15 is 0 Å². The minimum Gasteiger partial charge on any atom is -0.480 e. The second kappa shape index (κ2) is 9.96. The summed E-state index contributed by atoms with van der Waals surface area (Å²) in [4.78, 5) is 15.4. The van der Waals surface area contributed by atoms with E-state index in [4.69, 9.17) is 9.47 Å². The van der Waals surface area contributed by atoms with E-state index < -0.39 is 20.6 Å². The number of aromatic nitrogens is 1. The zero-order chi connectivity index (χ0) is 23.4. The van der Waals surface area contributed by atoms with Crippen LogP contribution >= 0.6 is 11.3 Å². The van der Waals surface area contributed by atoms with E-state index in [9.17, 15) is 18.5 Å². The number of benzene rings is 2. The second-order valence-corrected chi connectivity index (χ2v) is 10.2. The molecule has 174 valence electrons. The third kappa shape index (κ3) is 5.22. The Morgan fingerprint density at radius 2 is 1.91 bits per heavy atom. The van der Waals surface area contributed by atoms with Crippen LogP contribution in [0.5, 0.6) is 5.75 Å². The predicted octanol–water partition coefficient (Wildman–Crippen LogP) is 3.88. The van der Waals surface area contributed by atoms with Crippen LogP contribution in [0.1, 0.15) is 18.2 Å². The van der Waals surface area contributed by atoms with Crippen LogP contribution in [-0.4, -0.2) is 48.9 Å². The summed E-state index contributed by atoms with van der Waals surface area (Å²) in [7, 11) is -3.85. The molecule has 33 heavy (non-hydrogen) atoms. The zero-order valence-corrected chi connectivity index (χ0v) is 19.6. The first-order valence-corrected chi connectivity index (χ1v) is 12.7. The van der Waals surface area contributed by atoms with Gasteiger partial charge in [-0.2, -0.15) is 4.31 Å². The summed E-state index contributed by atoms with van der Waals surface area (Å²) < 4.78 is 37.8. The third-order valence-electron chi connectivity index (χ3n) is 5.27. The minimum atomic E-state index is -3.85. The Labute approximate surface area is 195 Å². The summed E-state index contributed by atoms with van der Waals surface area (Å²) >= 11 is 1.46. The number of sulfonamides is 1. The van der Waals surface area contributed by atoms with E-state index in [1.54, 1.807) is 0 Å². The number of nitro groups is 1. The third-order valence-corrected chi connectivity index (χ3v) is 8.11. The number of nitro benzene ring substituents is 1. The second-order valence-electron chi connectivity index (χ2n) is 7.39.